The molecular formula is C22H25N3O4S. The lowest BCUT2D eigenvalue weighted by Crippen LogP contribution is -2.39. The smallest absolute Gasteiger partial charge is 0.261 e. The van der Waals surface area contributed by atoms with Gasteiger partial charge in [-0.05, 0) is 36.3 Å². The average molecular weight is 428 g/mol. The van der Waals surface area contributed by atoms with Gasteiger partial charge >= 0.3 is 0 Å². The van der Waals surface area contributed by atoms with E-state index in [2.05, 4.69) is 10.3 Å². The lowest BCUT2D eigenvalue weighted by molar-refractivity contribution is -0.116. The molecule has 7 nitrogen and oxygen atoms in total. The quantitative estimate of drug-likeness (QED) is 0.715. The van der Waals surface area contributed by atoms with Gasteiger partial charge < -0.3 is 15.2 Å². The van der Waals surface area contributed by atoms with Crippen molar-refractivity contribution in [2.45, 2.75) is 31.6 Å². The van der Waals surface area contributed by atoms with Crippen molar-refractivity contribution in [3.63, 3.8) is 0 Å². The normalized spacial score (nSPS) is 14.7. The Morgan fingerprint density at radius 1 is 1.20 bits per heavy atom. The van der Waals surface area contributed by atoms with E-state index < -0.39 is 11.5 Å². The highest BCUT2D eigenvalue weighted by Crippen LogP contribution is 2.33. The van der Waals surface area contributed by atoms with Gasteiger partial charge in [0.05, 0.1) is 12.2 Å². The number of H-pyrrole nitrogens is 1. The standard InChI is InChI=1S/C22H25N3O4S/c1-22(2)10-16-13(17(26)11-22)9-14(20(28)24-16)21(29)25(3)12-19(27)23-15-7-5-6-8-18(15)30-4/h5-9H,10-12H2,1-4H3,(H,23,27)(H,24,28). The van der Waals surface area contributed by atoms with Crippen molar-refractivity contribution in [3.05, 3.63) is 57.5 Å². The second kappa shape index (κ2) is 8.47. The van der Waals surface area contributed by atoms with Crippen LogP contribution in [0.15, 0.2) is 40.0 Å². The number of ketones is 1. The number of thioether (sulfide) groups is 1. The molecule has 0 bridgehead atoms. The number of nitrogens with zero attached hydrogens (tertiary/aromatic N) is 1. The number of likely N-dealkylation sites (N-methyl/N-ethyl adjacent to an activating group) is 1. The first-order valence-electron chi connectivity index (χ1n) is 9.59. The minimum atomic E-state index is -0.606. The molecule has 1 aromatic heterocycles. The van der Waals surface area contributed by atoms with Gasteiger partial charge in [-0.25, -0.2) is 0 Å². The van der Waals surface area contributed by atoms with Gasteiger partial charge in [-0.3, -0.25) is 19.2 Å². The van der Waals surface area contributed by atoms with Gasteiger partial charge in [-0.2, -0.15) is 0 Å². The molecule has 2 aromatic rings. The highest BCUT2D eigenvalue weighted by Gasteiger charge is 2.33. The number of carbonyl (C=O) groups is 3. The fraction of sp³-hybridized carbons (Fsp3) is 0.364. The van der Waals surface area contributed by atoms with Crippen LogP contribution in [0.3, 0.4) is 0 Å². The van der Waals surface area contributed by atoms with Crippen LogP contribution in [0.2, 0.25) is 0 Å². The number of Topliss-reactive ketones (excluding diaryl/α,β-unsaturated/α-hetero) is 1. The third-order valence-corrected chi connectivity index (χ3v) is 5.85. The van der Waals surface area contributed by atoms with E-state index in [1.54, 1.807) is 6.07 Å². The number of carbonyl (C=O) groups excluding carboxylic acids is 3. The summed E-state index contributed by atoms with van der Waals surface area (Å²) in [4.78, 5) is 55.0. The van der Waals surface area contributed by atoms with Gasteiger partial charge in [0.2, 0.25) is 5.91 Å². The summed E-state index contributed by atoms with van der Waals surface area (Å²) in [6.45, 7) is 3.71. The second-order valence-electron chi connectivity index (χ2n) is 8.25. The average Bonchev–Trinajstić information content (AvgIpc) is 2.66. The molecule has 0 aliphatic heterocycles. The number of benzene rings is 1. The van der Waals surface area contributed by atoms with Crippen LogP contribution in [-0.4, -0.2) is 47.3 Å². The first-order chi connectivity index (χ1) is 14.1. The molecule has 0 saturated carbocycles. The number of para-hydroxylation sites is 1. The van der Waals surface area contributed by atoms with Crippen LogP contribution in [0.25, 0.3) is 0 Å². The van der Waals surface area contributed by atoms with Crippen LogP contribution in [0, 0.1) is 5.41 Å². The van der Waals surface area contributed by atoms with Crippen LogP contribution in [0.5, 0.6) is 0 Å². The van der Waals surface area contributed by atoms with Gasteiger partial charge in [0.1, 0.15) is 5.56 Å². The zero-order valence-electron chi connectivity index (χ0n) is 17.5. The molecular weight excluding hydrogens is 402 g/mol. The van der Waals surface area contributed by atoms with Gasteiger partial charge in [0, 0.05) is 29.6 Å². The van der Waals surface area contributed by atoms with Crippen molar-refractivity contribution >= 4 is 35.0 Å². The summed E-state index contributed by atoms with van der Waals surface area (Å²) in [5, 5.41) is 2.79. The fourth-order valence-corrected chi connectivity index (χ4v) is 4.17. The lowest BCUT2D eigenvalue weighted by atomic mass is 9.75. The Bertz CT molecular complexity index is 1070. The molecule has 2 amide bonds. The van der Waals surface area contributed by atoms with E-state index in [9.17, 15) is 19.2 Å². The second-order valence-corrected chi connectivity index (χ2v) is 9.10. The third-order valence-electron chi connectivity index (χ3n) is 5.06. The highest BCUT2D eigenvalue weighted by molar-refractivity contribution is 7.98. The summed E-state index contributed by atoms with van der Waals surface area (Å²) in [6.07, 6.45) is 2.82. The molecule has 30 heavy (non-hydrogen) atoms. The van der Waals surface area contributed by atoms with Crippen LogP contribution in [-0.2, 0) is 11.2 Å². The first kappa shape index (κ1) is 21.8. The minimum Gasteiger partial charge on any atom is -0.332 e. The van der Waals surface area contributed by atoms with Gasteiger partial charge in [0.15, 0.2) is 5.78 Å². The third kappa shape index (κ3) is 4.64. The highest BCUT2D eigenvalue weighted by atomic mass is 32.2. The van der Waals surface area contributed by atoms with Crippen molar-refractivity contribution in [1.82, 2.24) is 9.88 Å². The SMILES string of the molecule is CSc1ccccc1NC(=O)CN(C)C(=O)c1cc2c([nH]c1=O)CC(C)(C)CC2=O. The summed E-state index contributed by atoms with van der Waals surface area (Å²) in [5.41, 5.74) is 0.679. The fourth-order valence-electron chi connectivity index (χ4n) is 3.62. The molecule has 1 aliphatic carbocycles. The van der Waals surface area contributed by atoms with Crippen LogP contribution < -0.4 is 10.9 Å². The number of nitrogens with one attached hydrogen (secondary N) is 2. The van der Waals surface area contributed by atoms with E-state index in [1.807, 2.05) is 38.3 Å². The van der Waals surface area contributed by atoms with Crippen molar-refractivity contribution < 1.29 is 14.4 Å². The Balaban J connectivity index is 1.76. The van der Waals surface area contributed by atoms with Crippen LogP contribution in [0.4, 0.5) is 5.69 Å². The van der Waals surface area contributed by atoms with Crippen molar-refractivity contribution in [1.29, 1.82) is 0 Å². The topological polar surface area (TPSA) is 99.3 Å². The molecule has 1 aromatic carbocycles. The molecule has 0 unspecified atom stereocenters. The first-order valence-corrected chi connectivity index (χ1v) is 10.8. The van der Waals surface area contributed by atoms with Gasteiger partial charge in [0.25, 0.3) is 11.5 Å². The Labute approximate surface area is 179 Å². The number of fused-ring (bicyclic) bond motifs is 1. The Kier molecular flexibility index (Phi) is 6.17. The zero-order valence-corrected chi connectivity index (χ0v) is 18.3. The maximum Gasteiger partial charge on any atom is 0.261 e. The van der Waals surface area contributed by atoms with Crippen molar-refractivity contribution in [2.75, 3.05) is 25.2 Å². The monoisotopic (exact) mass is 427 g/mol. The van der Waals surface area contributed by atoms with Crippen molar-refractivity contribution in [3.8, 4) is 0 Å². The number of pyridine rings is 1. The number of hydrogen-bond donors (Lipinski definition) is 2. The number of amides is 2. The molecule has 1 heterocycles. The largest absolute Gasteiger partial charge is 0.332 e. The minimum absolute atomic E-state index is 0.0966. The Morgan fingerprint density at radius 3 is 2.60 bits per heavy atom. The number of aromatic nitrogens is 1. The van der Waals surface area contributed by atoms with E-state index in [1.165, 1.54) is 29.8 Å². The summed E-state index contributed by atoms with van der Waals surface area (Å²) >= 11 is 1.50. The van der Waals surface area contributed by atoms with E-state index in [4.69, 9.17) is 0 Å². The zero-order chi connectivity index (χ0) is 22.1. The Hall–Kier alpha value is -2.87. The summed E-state index contributed by atoms with van der Waals surface area (Å²) in [5.74, 6) is -1.08. The van der Waals surface area contributed by atoms with Crippen molar-refractivity contribution in [2.24, 2.45) is 5.41 Å². The molecule has 3 rings (SSSR count). The molecule has 0 saturated heterocycles. The Morgan fingerprint density at radius 2 is 1.90 bits per heavy atom. The predicted molar refractivity (Wildman–Crippen MR) is 117 cm³/mol. The molecule has 2 N–H and O–H groups in total. The summed E-state index contributed by atoms with van der Waals surface area (Å²) in [6, 6.07) is 8.73. The molecule has 0 atom stereocenters. The lowest BCUT2D eigenvalue weighted by Gasteiger charge is -2.30. The molecule has 0 radical (unpaired) electrons. The number of rotatable bonds is 5. The van der Waals surface area contributed by atoms with Crippen LogP contribution >= 0.6 is 11.8 Å². The maximum atomic E-state index is 12.8. The van der Waals surface area contributed by atoms with E-state index in [0.717, 1.165) is 4.90 Å². The molecule has 0 fully saturated rings. The molecule has 0 spiro atoms. The van der Waals surface area contributed by atoms with Gasteiger partial charge in [-0.15, -0.1) is 11.8 Å². The molecule has 158 valence electrons. The predicted octanol–water partition coefficient (Wildman–Crippen LogP) is 2.96. The number of anilines is 1. The molecule has 8 heteroatoms. The maximum absolute atomic E-state index is 12.8. The summed E-state index contributed by atoms with van der Waals surface area (Å²) in [7, 11) is 1.45. The number of aromatic amines is 1. The molecule has 1 aliphatic rings. The number of hydrogen-bond acceptors (Lipinski definition) is 5. The van der Waals surface area contributed by atoms with E-state index >= 15 is 0 Å². The van der Waals surface area contributed by atoms with E-state index in [-0.39, 0.29) is 29.2 Å². The van der Waals surface area contributed by atoms with Crippen LogP contribution in [0.1, 0.15) is 46.7 Å². The van der Waals surface area contributed by atoms with E-state index in [0.29, 0.717) is 29.8 Å². The summed E-state index contributed by atoms with van der Waals surface area (Å²) < 4.78 is 0. The van der Waals surface area contributed by atoms with Gasteiger partial charge in [-0.1, -0.05) is 26.0 Å².